The van der Waals surface area contributed by atoms with Crippen LogP contribution in [0, 0.1) is 0 Å². The lowest BCUT2D eigenvalue weighted by atomic mass is 10.2. The third-order valence-electron chi connectivity index (χ3n) is 3.27. The van der Waals surface area contributed by atoms with Gasteiger partial charge in [0.15, 0.2) is 0 Å². The molecule has 9 heteroatoms. The molecule has 1 rings (SSSR count). The SMILES string of the molecule is O=C(O)CC(NC(=O)N1CCCN(CCO)CC1)C(=O)O. The molecule has 0 saturated carbocycles. The maximum atomic E-state index is 12.0. The number of aliphatic hydroxyl groups excluding tert-OH is 1. The fourth-order valence-electron chi connectivity index (χ4n) is 2.15. The van der Waals surface area contributed by atoms with E-state index in [1.54, 1.807) is 0 Å². The van der Waals surface area contributed by atoms with Crippen LogP contribution in [0.1, 0.15) is 12.8 Å². The van der Waals surface area contributed by atoms with E-state index in [0.717, 1.165) is 6.54 Å². The predicted octanol–water partition coefficient (Wildman–Crippen LogP) is -1.38. The Kier molecular flexibility index (Phi) is 6.89. The number of carboxylic acids is 2. The minimum Gasteiger partial charge on any atom is -0.481 e. The van der Waals surface area contributed by atoms with Crippen molar-refractivity contribution < 1.29 is 29.7 Å². The highest BCUT2D eigenvalue weighted by molar-refractivity contribution is 5.86. The number of urea groups is 1. The minimum absolute atomic E-state index is 0.0475. The number of β-amino-alcohol motifs (C(OH)–C–C–N with tert-alkyl or cyclic N) is 1. The molecule has 1 fully saturated rings. The van der Waals surface area contributed by atoms with E-state index in [1.807, 2.05) is 4.90 Å². The van der Waals surface area contributed by atoms with E-state index in [0.29, 0.717) is 32.6 Å². The van der Waals surface area contributed by atoms with Crippen molar-refractivity contribution in [1.29, 1.82) is 0 Å². The summed E-state index contributed by atoms with van der Waals surface area (Å²) in [6.07, 6.45) is 0.0512. The smallest absolute Gasteiger partial charge is 0.326 e. The molecule has 4 N–H and O–H groups in total. The number of hydrogen-bond donors (Lipinski definition) is 4. The van der Waals surface area contributed by atoms with Crippen LogP contribution in [0.25, 0.3) is 0 Å². The van der Waals surface area contributed by atoms with Crippen LogP contribution >= 0.6 is 0 Å². The quantitative estimate of drug-likeness (QED) is 0.476. The summed E-state index contributed by atoms with van der Waals surface area (Å²) in [5.41, 5.74) is 0. The van der Waals surface area contributed by atoms with Crippen molar-refractivity contribution in [3.8, 4) is 0 Å². The number of aliphatic carboxylic acids is 2. The van der Waals surface area contributed by atoms with E-state index >= 15 is 0 Å². The first-order valence-corrected chi connectivity index (χ1v) is 6.77. The first-order valence-electron chi connectivity index (χ1n) is 6.77. The van der Waals surface area contributed by atoms with Crippen molar-refractivity contribution in [2.45, 2.75) is 18.9 Å². The predicted molar refractivity (Wildman–Crippen MR) is 71.9 cm³/mol. The highest BCUT2D eigenvalue weighted by atomic mass is 16.4. The molecule has 9 nitrogen and oxygen atoms in total. The van der Waals surface area contributed by atoms with Gasteiger partial charge in [-0.25, -0.2) is 9.59 Å². The number of hydrogen-bond acceptors (Lipinski definition) is 5. The Morgan fingerprint density at radius 3 is 2.38 bits per heavy atom. The summed E-state index contributed by atoms with van der Waals surface area (Å²) in [6, 6.07) is -2.01. The lowest BCUT2D eigenvalue weighted by Crippen LogP contribution is -2.49. The molecule has 1 aliphatic rings. The fourth-order valence-corrected chi connectivity index (χ4v) is 2.15. The number of carbonyl (C=O) groups is 3. The van der Waals surface area contributed by atoms with E-state index in [9.17, 15) is 14.4 Å². The summed E-state index contributed by atoms with van der Waals surface area (Å²) in [5.74, 6) is -2.66. The summed E-state index contributed by atoms with van der Waals surface area (Å²) >= 11 is 0. The fraction of sp³-hybridized carbons (Fsp3) is 0.750. The zero-order valence-corrected chi connectivity index (χ0v) is 11.7. The number of nitrogens with zero attached hydrogens (tertiary/aromatic N) is 2. The van der Waals surface area contributed by atoms with Crippen LogP contribution < -0.4 is 5.32 Å². The van der Waals surface area contributed by atoms with Crippen LogP contribution in [-0.2, 0) is 9.59 Å². The first-order chi connectivity index (χ1) is 9.93. The molecule has 0 aromatic rings. The molecule has 0 radical (unpaired) electrons. The van der Waals surface area contributed by atoms with Crippen LogP contribution in [0.3, 0.4) is 0 Å². The lowest BCUT2D eigenvalue weighted by molar-refractivity contribution is -0.145. The van der Waals surface area contributed by atoms with E-state index < -0.39 is 30.4 Å². The Labute approximate surface area is 122 Å². The number of nitrogens with one attached hydrogen (secondary N) is 1. The van der Waals surface area contributed by atoms with Gasteiger partial charge in [-0.2, -0.15) is 0 Å². The third-order valence-corrected chi connectivity index (χ3v) is 3.27. The summed E-state index contributed by atoms with van der Waals surface area (Å²) in [6.45, 7) is 2.79. The molecule has 0 bridgehead atoms. The highest BCUT2D eigenvalue weighted by Crippen LogP contribution is 2.04. The van der Waals surface area contributed by atoms with Gasteiger partial charge in [0.25, 0.3) is 0 Å². The van der Waals surface area contributed by atoms with Crippen LogP contribution in [0.2, 0.25) is 0 Å². The molecule has 0 aliphatic carbocycles. The largest absolute Gasteiger partial charge is 0.481 e. The summed E-state index contributed by atoms with van der Waals surface area (Å²) in [4.78, 5) is 37.0. The zero-order valence-electron chi connectivity index (χ0n) is 11.7. The van der Waals surface area contributed by atoms with E-state index in [4.69, 9.17) is 15.3 Å². The van der Waals surface area contributed by atoms with E-state index in [-0.39, 0.29) is 6.61 Å². The van der Waals surface area contributed by atoms with Gasteiger partial charge >= 0.3 is 18.0 Å². The van der Waals surface area contributed by atoms with Gasteiger partial charge in [-0.15, -0.1) is 0 Å². The summed E-state index contributed by atoms with van der Waals surface area (Å²) in [5, 5.41) is 28.7. The molecular weight excluding hydrogens is 282 g/mol. The van der Waals surface area contributed by atoms with Gasteiger partial charge in [-0.1, -0.05) is 0 Å². The van der Waals surface area contributed by atoms with E-state index in [2.05, 4.69) is 5.32 Å². The van der Waals surface area contributed by atoms with Crippen LogP contribution in [0.4, 0.5) is 4.79 Å². The second kappa shape index (κ2) is 8.42. The van der Waals surface area contributed by atoms with Crippen molar-refractivity contribution in [1.82, 2.24) is 15.1 Å². The Morgan fingerprint density at radius 2 is 1.81 bits per heavy atom. The van der Waals surface area contributed by atoms with Gasteiger partial charge in [-0.3, -0.25) is 9.69 Å². The molecule has 2 amide bonds. The molecular formula is C12H21N3O6. The van der Waals surface area contributed by atoms with Gasteiger partial charge < -0.3 is 25.5 Å². The second-order valence-corrected chi connectivity index (χ2v) is 4.84. The van der Waals surface area contributed by atoms with Gasteiger partial charge in [0, 0.05) is 26.2 Å². The average molecular weight is 303 g/mol. The van der Waals surface area contributed by atoms with Crippen molar-refractivity contribution in [2.24, 2.45) is 0 Å². The molecule has 1 saturated heterocycles. The van der Waals surface area contributed by atoms with Gasteiger partial charge in [0.2, 0.25) is 0 Å². The summed E-state index contributed by atoms with van der Waals surface area (Å²) in [7, 11) is 0. The molecule has 1 heterocycles. The minimum atomic E-state index is -1.44. The molecule has 1 aliphatic heterocycles. The molecule has 0 aromatic heterocycles. The maximum Gasteiger partial charge on any atom is 0.326 e. The van der Waals surface area contributed by atoms with Gasteiger partial charge in [0.1, 0.15) is 6.04 Å². The maximum absolute atomic E-state index is 12.0. The molecule has 0 spiro atoms. The van der Waals surface area contributed by atoms with Crippen LogP contribution in [-0.4, -0.2) is 88.5 Å². The van der Waals surface area contributed by atoms with Crippen molar-refractivity contribution in [3.63, 3.8) is 0 Å². The highest BCUT2D eigenvalue weighted by Gasteiger charge is 2.26. The average Bonchev–Trinajstić information content (AvgIpc) is 2.63. The standard InChI is InChI=1S/C12H21N3O6/c16-7-6-14-2-1-3-15(5-4-14)12(21)13-9(11(19)20)8-10(17)18/h9,16H,1-8H2,(H,13,21)(H,17,18)(H,19,20). The van der Waals surface area contributed by atoms with Crippen molar-refractivity contribution >= 4 is 18.0 Å². The number of rotatable bonds is 6. The zero-order chi connectivity index (χ0) is 15.8. The number of carbonyl (C=O) groups excluding carboxylic acids is 1. The number of aliphatic hydroxyl groups is 1. The Hall–Kier alpha value is -1.87. The first kappa shape index (κ1) is 17.2. The van der Waals surface area contributed by atoms with Crippen molar-refractivity contribution in [3.05, 3.63) is 0 Å². The third kappa shape index (κ3) is 5.96. The van der Waals surface area contributed by atoms with Gasteiger partial charge in [-0.05, 0) is 13.0 Å². The number of carboxylic acid groups (broad SMARTS) is 2. The Morgan fingerprint density at radius 1 is 1.10 bits per heavy atom. The molecule has 120 valence electrons. The van der Waals surface area contributed by atoms with Crippen LogP contribution in [0.5, 0.6) is 0 Å². The number of amides is 2. The molecule has 21 heavy (non-hydrogen) atoms. The van der Waals surface area contributed by atoms with Crippen LogP contribution in [0.15, 0.2) is 0 Å². The Balaban J connectivity index is 2.53. The van der Waals surface area contributed by atoms with Crippen molar-refractivity contribution in [2.75, 3.05) is 39.3 Å². The monoisotopic (exact) mass is 303 g/mol. The normalized spacial score (nSPS) is 17.9. The molecule has 1 atom stereocenters. The molecule has 1 unspecified atom stereocenters. The van der Waals surface area contributed by atoms with E-state index in [1.165, 1.54) is 4.90 Å². The summed E-state index contributed by atoms with van der Waals surface area (Å²) < 4.78 is 0. The Bertz CT molecular complexity index is 389. The second-order valence-electron chi connectivity index (χ2n) is 4.84. The topological polar surface area (TPSA) is 130 Å². The lowest BCUT2D eigenvalue weighted by Gasteiger charge is -2.23. The molecule has 0 aromatic carbocycles. The van der Waals surface area contributed by atoms with Gasteiger partial charge in [0.05, 0.1) is 13.0 Å².